The van der Waals surface area contributed by atoms with Crippen LogP contribution >= 0.6 is 11.6 Å². The highest BCUT2D eigenvalue weighted by Gasteiger charge is 2.41. The number of rotatable bonds is 3. The van der Waals surface area contributed by atoms with E-state index in [9.17, 15) is 9.18 Å². The van der Waals surface area contributed by atoms with Gasteiger partial charge in [-0.3, -0.25) is 4.90 Å². The lowest BCUT2D eigenvalue weighted by Gasteiger charge is -2.33. The van der Waals surface area contributed by atoms with Gasteiger partial charge in [0.05, 0.1) is 6.04 Å². The average molecular weight is 373 g/mol. The van der Waals surface area contributed by atoms with Crippen LogP contribution in [0.15, 0.2) is 48.7 Å². The van der Waals surface area contributed by atoms with E-state index in [-0.39, 0.29) is 29.9 Å². The molecule has 0 radical (unpaired) electrons. The van der Waals surface area contributed by atoms with Crippen molar-refractivity contribution in [2.45, 2.75) is 38.0 Å². The first-order valence-electron chi connectivity index (χ1n) is 8.63. The van der Waals surface area contributed by atoms with Crippen molar-refractivity contribution in [3.63, 3.8) is 0 Å². The van der Waals surface area contributed by atoms with Gasteiger partial charge >= 0.3 is 6.09 Å². The predicted molar refractivity (Wildman–Crippen MR) is 97.1 cm³/mol. The predicted octanol–water partition coefficient (Wildman–Crippen LogP) is 4.83. The van der Waals surface area contributed by atoms with E-state index in [0.717, 1.165) is 24.0 Å². The molecule has 2 bridgehead atoms. The topological polar surface area (TPSA) is 42.4 Å². The van der Waals surface area contributed by atoms with Crippen LogP contribution in [0.5, 0.6) is 0 Å². The average Bonchev–Trinajstić information content (AvgIpc) is 2.93. The molecule has 1 saturated heterocycles. The van der Waals surface area contributed by atoms with Gasteiger partial charge in [0, 0.05) is 17.8 Å². The smallest absolute Gasteiger partial charge is 0.410 e. The zero-order chi connectivity index (χ0) is 18.1. The third-order valence-corrected chi connectivity index (χ3v) is 5.27. The summed E-state index contributed by atoms with van der Waals surface area (Å²) >= 11 is 5.80. The fraction of sp³-hybridized carbons (Fsp3) is 0.300. The lowest BCUT2D eigenvalue weighted by Crippen LogP contribution is -2.43. The summed E-state index contributed by atoms with van der Waals surface area (Å²) in [6, 6.07) is 11.2. The molecule has 3 heterocycles. The normalized spacial score (nSPS) is 21.5. The Morgan fingerprint density at radius 2 is 2.08 bits per heavy atom. The summed E-state index contributed by atoms with van der Waals surface area (Å²) in [6.07, 6.45) is 5.48. The molecule has 2 unspecified atom stereocenters. The molecule has 26 heavy (non-hydrogen) atoms. The van der Waals surface area contributed by atoms with Crippen molar-refractivity contribution >= 4 is 23.3 Å². The first-order chi connectivity index (χ1) is 12.6. The summed E-state index contributed by atoms with van der Waals surface area (Å²) < 4.78 is 19.8. The third kappa shape index (κ3) is 3.19. The van der Waals surface area contributed by atoms with Gasteiger partial charge in [0.2, 0.25) is 0 Å². The van der Waals surface area contributed by atoms with E-state index >= 15 is 0 Å². The van der Waals surface area contributed by atoms with Crippen molar-refractivity contribution in [1.82, 2.24) is 9.88 Å². The maximum Gasteiger partial charge on any atom is 0.410 e. The summed E-state index contributed by atoms with van der Waals surface area (Å²) in [5.41, 5.74) is 2.31. The van der Waals surface area contributed by atoms with Crippen LogP contribution in [-0.4, -0.2) is 28.1 Å². The number of nitrogens with zero attached hydrogens (tertiary/aromatic N) is 2. The van der Waals surface area contributed by atoms with E-state index < -0.39 is 5.82 Å². The minimum absolute atomic E-state index is 0.0228. The standard InChI is InChI=1S/C20H18ClFN2O2/c21-19-18(22)17(8-9-23-19)14-10-15-6-7-16(11-14)24(15)20(25)26-12-13-4-2-1-3-5-13/h1-5,8-10,15-16H,6-7,11-12H2. The third-order valence-electron chi connectivity index (χ3n) is 5.00. The first-order valence-corrected chi connectivity index (χ1v) is 9.01. The molecule has 1 aromatic carbocycles. The molecule has 0 spiro atoms. The van der Waals surface area contributed by atoms with Crippen LogP contribution in [0.1, 0.15) is 30.4 Å². The number of hydrogen-bond acceptors (Lipinski definition) is 3. The number of fused-ring (bicyclic) bond motifs is 2. The molecular weight excluding hydrogens is 355 g/mol. The Balaban J connectivity index is 1.50. The minimum atomic E-state index is -0.500. The Bertz CT molecular complexity index is 856. The van der Waals surface area contributed by atoms with E-state index in [0.29, 0.717) is 12.0 Å². The Labute approximate surface area is 156 Å². The quantitative estimate of drug-likeness (QED) is 0.724. The Hall–Kier alpha value is -2.40. The van der Waals surface area contributed by atoms with E-state index in [2.05, 4.69) is 4.98 Å². The Morgan fingerprint density at radius 3 is 2.85 bits per heavy atom. The maximum absolute atomic E-state index is 14.3. The molecule has 2 atom stereocenters. The molecule has 134 valence electrons. The second kappa shape index (κ2) is 7.08. The number of hydrogen-bond donors (Lipinski definition) is 0. The Morgan fingerprint density at radius 1 is 1.27 bits per heavy atom. The van der Waals surface area contributed by atoms with Crippen LogP contribution in [0.3, 0.4) is 0 Å². The molecule has 2 aromatic rings. The van der Waals surface area contributed by atoms with Crippen molar-refractivity contribution in [2.24, 2.45) is 0 Å². The monoisotopic (exact) mass is 372 g/mol. The molecule has 1 amide bonds. The van der Waals surface area contributed by atoms with Crippen LogP contribution in [0, 0.1) is 5.82 Å². The molecule has 4 rings (SSSR count). The number of carbonyl (C=O) groups is 1. The molecule has 0 aliphatic carbocycles. The molecule has 0 saturated carbocycles. The van der Waals surface area contributed by atoms with Crippen LogP contribution < -0.4 is 0 Å². The van der Waals surface area contributed by atoms with Gasteiger partial charge in [-0.05, 0) is 36.5 Å². The van der Waals surface area contributed by atoms with E-state index in [1.54, 1.807) is 11.0 Å². The summed E-state index contributed by atoms with van der Waals surface area (Å²) in [5, 5.41) is -0.125. The fourth-order valence-electron chi connectivity index (χ4n) is 3.77. The highest BCUT2D eigenvalue weighted by Crippen LogP contribution is 2.40. The Kier molecular flexibility index (Phi) is 4.64. The number of aromatic nitrogens is 1. The van der Waals surface area contributed by atoms with E-state index in [4.69, 9.17) is 16.3 Å². The summed E-state index contributed by atoms with van der Waals surface area (Å²) in [4.78, 5) is 18.1. The van der Waals surface area contributed by atoms with Gasteiger partial charge < -0.3 is 4.74 Å². The molecule has 1 aromatic heterocycles. The zero-order valence-electron chi connectivity index (χ0n) is 14.1. The van der Waals surface area contributed by atoms with E-state index in [1.165, 1.54) is 6.20 Å². The van der Waals surface area contributed by atoms with Crippen LogP contribution in [0.2, 0.25) is 5.15 Å². The maximum atomic E-state index is 14.3. The number of benzene rings is 1. The van der Waals surface area contributed by atoms with Gasteiger partial charge in [0.1, 0.15) is 6.61 Å². The second-order valence-corrected chi connectivity index (χ2v) is 6.96. The number of halogens is 2. The van der Waals surface area contributed by atoms with Crippen LogP contribution in [0.25, 0.3) is 5.57 Å². The van der Waals surface area contributed by atoms with Gasteiger partial charge in [0.25, 0.3) is 0 Å². The van der Waals surface area contributed by atoms with Crippen molar-refractivity contribution in [2.75, 3.05) is 0 Å². The number of ether oxygens (including phenoxy) is 1. The number of pyridine rings is 1. The SMILES string of the molecule is O=C(OCc1ccccc1)N1C2C=C(c3ccnc(Cl)c3F)CC1CC2. The zero-order valence-corrected chi connectivity index (χ0v) is 14.8. The van der Waals surface area contributed by atoms with Gasteiger partial charge in [-0.1, -0.05) is 48.0 Å². The number of amides is 1. The summed E-state index contributed by atoms with van der Waals surface area (Å²) in [7, 11) is 0. The molecule has 1 fully saturated rings. The lowest BCUT2D eigenvalue weighted by atomic mass is 9.95. The largest absolute Gasteiger partial charge is 0.445 e. The lowest BCUT2D eigenvalue weighted by molar-refractivity contribution is 0.0832. The summed E-state index contributed by atoms with van der Waals surface area (Å²) in [6.45, 7) is 0.251. The van der Waals surface area contributed by atoms with Crippen LogP contribution in [0.4, 0.5) is 9.18 Å². The first kappa shape index (κ1) is 17.0. The van der Waals surface area contributed by atoms with Crippen molar-refractivity contribution in [3.8, 4) is 0 Å². The van der Waals surface area contributed by atoms with Gasteiger partial charge in [0.15, 0.2) is 11.0 Å². The molecule has 2 aliphatic rings. The highest BCUT2D eigenvalue weighted by molar-refractivity contribution is 6.29. The van der Waals surface area contributed by atoms with Crippen LogP contribution in [-0.2, 0) is 11.3 Å². The number of carbonyl (C=O) groups excluding carboxylic acids is 1. The van der Waals surface area contributed by atoms with E-state index in [1.807, 2.05) is 36.4 Å². The fourth-order valence-corrected chi connectivity index (χ4v) is 3.93. The van der Waals surface area contributed by atoms with Gasteiger partial charge in [-0.2, -0.15) is 0 Å². The van der Waals surface area contributed by atoms with Gasteiger partial charge in [-0.25, -0.2) is 14.2 Å². The molecule has 6 heteroatoms. The van der Waals surface area contributed by atoms with Crippen molar-refractivity contribution in [1.29, 1.82) is 0 Å². The molecule has 2 aliphatic heterocycles. The van der Waals surface area contributed by atoms with Gasteiger partial charge in [-0.15, -0.1) is 0 Å². The highest BCUT2D eigenvalue weighted by atomic mass is 35.5. The second-order valence-electron chi connectivity index (χ2n) is 6.61. The molecule has 4 nitrogen and oxygen atoms in total. The molecular formula is C20H18ClFN2O2. The minimum Gasteiger partial charge on any atom is -0.445 e. The summed E-state index contributed by atoms with van der Waals surface area (Å²) in [5.74, 6) is -0.500. The van der Waals surface area contributed by atoms with Crippen molar-refractivity contribution < 1.29 is 13.9 Å². The van der Waals surface area contributed by atoms with Crippen molar-refractivity contribution in [3.05, 3.63) is 70.8 Å². The molecule has 0 N–H and O–H groups in total.